The van der Waals surface area contributed by atoms with Gasteiger partial charge in [-0.2, -0.15) is 0 Å². The van der Waals surface area contributed by atoms with Gasteiger partial charge in [-0.1, -0.05) is 28.9 Å². The zero-order valence-electron chi connectivity index (χ0n) is 12.0. The average Bonchev–Trinajstić information content (AvgIpc) is 3.08. The number of halogens is 1. The van der Waals surface area contributed by atoms with Crippen LogP contribution in [-0.2, 0) is 0 Å². The van der Waals surface area contributed by atoms with Crippen molar-refractivity contribution in [2.24, 2.45) is 0 Å². The van der Waals surface area contributed by atoms with E-state index in [-0.39, 0.29) is 6.04 Å². The van der Waals surface area contributed by atoms with Crippen LogP contribution >= 0.6 is 11.6 Å². The first kappa shape index (κ1) is 14.6. The molecule has 1 N–H and O–H groups in total. The normalized spacial score (nSPS) is 20.8. The number of rotatable bonds is 4. The smallest absolute Gasteiger partial charge is 0.154 e. The molecule has 0 spiro atoms. The first-order chi connectivity index (χ1) is 10.1. The van der Waals surface area contributed by atoms with Gasteiger partial charge in [0.05, 0.1) is 17.8 Å². The lowest BCUT2D eigenvalue weighted by molar-refractivity contribution is 0.0983. The SMILES string of the molecule is Cc1cc([C@H]2CCCN2C[C@@H](O)c2ccc(Cl)cc2)on1. The number of aliphatic hydroxyl groups excluding tert-OH is 1. The molecule has 1 saturated heterocycles. The van der Waals surface area contributed by atoms with E-state index < -0.39 is 6.10 Å². The lowest BCUT2D eigenvalue weighted by Gasteiger charge is -2.25. The van der Waals surface area contributed by atoms with Crippen molar-refractivity contribution in [3.63, 3.8) is 0 Å². The molecule has 0 saturated carbocycles. The summed E-state index contributed by atoms with van der Waals surface area (Å²) in [4.78, 5) is 2.26. The van der Waals surface area contributed by atoms with Crippen LogP contribution in [0.1, 0.15) is 42.0 Å². The summed E-state index contributed by atoms with van der Waals surface area (Å²) < 4.78 is 5.39. The number of aryl methyl sites for hydroxylation is 1. The molecule has 0 unspecified atom stereocenters. The van der Waals surface area contributed by atoms with Crippen LogP contribution in [0.15, 0.2) is 34.9 Å². The zero-order chi connectivity index (χ0) is 14.8. The largest absolute Gasteiger partial charge is 0.387 e. The Morgan fingerprint density at radius 1 is 1.43 bits per heavy atom. The van der Waals surface area contributed by atoms with E-state index in [0.29, 0.717) is 11.6 Å². The maximum Gasteiger partial charge on any atom is 0.154 e. The fraction of sp³-hybridized carbons (Fsp3) is 0.438. The summed E-state index contributed by atoms with van der Waals surface area (Å²) in [5.41, 5.74) is 1.79. The third-order valence-electron chi connectivity index (χ3n) is 4.00. The Labute approximate surface area is 129 Å². The highest BCUT2D eigenvalue weighted by atomic mass is 35.5. The van der Waals surface area contributed by atoms with Crippen molar-refractivity contribution in [3.8, 4) is 0 Å². The predicted octanol–water partition coefficient (Wildman–Crippen LogP) is 3.51. The third kappa shape index (κ3) is 3.28. The molecule has 0 aliphatic carbocycles. The highest BCUT2D eigenvalue weighted by Gasteiger charge is 2.30. The second-order valence-electron chi connectivity index (χ2n) is 5.59. The average molecular weight is 307 g/mol. The van der Waals surface area contributed by atoms with E-state index in [1.54, 1.807) is 12.1 Å². The number of nitrogens with zero attached hydrogens (tertiary/aromatic N) is 2. The molecule has 0 amide bonds. The van der Waals surface area contributed by atoms with Gasteiger partial charge in [0, 0.05) is 17.6 Å². The molecule has 0 radical (unpaired) electrons. The number of aliphatic hydroxyl groups is 1. The molecule has 1 aliphatic heterocycles. The van der Waals surface area contributed by atoms with Crippen LogP contribution in [0.5, 0.6) is 0 Å². The van der Waals surface area contributed by atoms with E-state index >= 15 is 0 Å². The van der Waals surface area contributed by atoms with Gasteiger partial charge in [-0.3, -0.25) is 4.90 Å². The number of benzene rings is 1. The fourth-order valence-corrected chi connectivity index (χ4v) is 3.05. The number of hydrogen-bond donors (Lipinski definition) is 1. The van der Waals surface area contributed by atoms with Gasteiger partial charge in [0.1, 0.15) is 0 Å². The number of likely N-dealkylation sites (tertiary alicyclic amines) is 1. The van der Waals surface area contributed by atoms with Gasteiger partial charge in [-0.25, -0.2) is 0 Å². The van der Waals surface area contributed by atoms with Crippen molar-refractivity contribution < 1.29 is 9.63 Å². The van der Waals surface area contributed by atoms with Crippen LogP contribution in [0.2, 0.25) is 5.02 Å². The maximum atomic E-state index is 10.4. The molecule has 3 rings (SSSR count). The van der Waals surface area contributed by atoms with Gasteiger partial charge in [0.15, 0.2) is 5.76 Å². The topological polar surface area (TPSA) is 49.5 Å². The minimum Gasteiger partial charge on any atom is -0.387 e. The van der Waals surface area contributed by atoms with E-state index in [2.05, 4.69) is 10.1 Å². The van der Waals surface area contributed by atoms with E-state index in [1.165, 1.54) is 0 Å². The van der Waals surface area contributed by atoms with Gasteiger partial charge in [-0.05, 0) is 44.0 Å². The summed E-state index contributed by atoms with van der Waals surface area (Å²) in [6.45, 7) is 3.48. The van der Waals surface area contributed by atoms with Crippen molar-refractivity contribution in [2.45, 2.75) is 31.9 Å². The molecule has 0 bridgehead atoms. The summed E-state index contributed by atoms with van der Waals surface area (Å²) in [5.74, 6) is 0.897. The molecular weight excluding hydrogens is 288 g/mol. The van der Waals surface area contributed by atoms with Crippen LogP contribution in [0.25, 0.3) is 0 Å². The summed E-state index contributed by atoms with van der Waals surface area (Å²) in [6.07, 6.45) is 1.63. The van der Waals surface area contributed by atoms with Crippen LogP contribution in [0, 0.1) is 6.92 Å². The van der Waals surface area contributed by atoms with Crippen LogP contribution in [-0.4, -0.2) is 28.3 Å². The number of hydrogen-bond acceptors (Lipinski definition) is 4. The molecular formula is C16H19ClN2O2. The Balaban J connectivity index is 1.69. The Kier molecular flexibility index (Phi) is 4.29. The standard InChI is InChI=1S/C16H19ClN2O2/c1-11-9-16(21-18-11)14-3-2-8-19(14)10-15(20)12-4-6-13(17)7-5-12/h4-7,9,14-15,20H,2-3,8,10H2,1H3/t14-,15-/m1/s1. The number of aromatic nitrogens is 1. The Morgan fingerprint density at radius 3 is 2.86 bits per heavy atom. The summed E-state index contributed by atoms with van der Waals surface area (Å²) >= 11 is 5.88. The van der Waals surface area contributed by atoms with Crippen molar-refractivity contribution in [2.75, 3.05) is 13.1 Å². The Bertz CT molecular complexity index is 597. The molecule has 1 aromatic heterocycles. The molecule has 2 heterocycles. The van der Waals surface area contributed by atoms with E-state index in [0.717, 1.165) is 36.4 Å². The lowest BCUT2D eigenvalue weighted by Crippen LogP contribution is -2.28. The first-order valence-electron chi connectivity index (χ1n) is 7.24. The second kappa shape index (κ2) is 6.18. The van der Waals surface area contributed by atoms with Gasteiger partial charge in [-0.15, -0.1) is 0 Å². The van der Waals surface area contributed by atoms with Crippen LogP contribution < -0.4 is 0 Å². The highest BCUT2D eigenvalue weighted by molar-refractivity contribution is 6.30. The van der Waals surface area contributed by atoms with Gasteiger partial charge in [0.2, 0.25) is 0 Å². The second-order valence-corrected chi connectivity index (χ2v) is 6.03. The fourth-order valence-electron chi connectivity index (χ4n) is 2.92. The lowest BCUT2D eigenvalue weighted by atomic mass is 10.1. The molecule has 2 atom stereocenters. The molecule has 21 heavy (non-hydrogen) atoms. The molecule has 1 aromatic carbocycles. The van der Waals surface area contributed by atoms with Gasteiger partial charge < -0.3 is 9.63 Å². The van der Waals surface area contributed by atoms with E-state index in [9.17, 15) is 5.11 Å². The van der Waals surface area contributed by atoms with Crippen molar-refractivity contribution in [1.29, 1.82) is 0 Å². The van der Waals surface area contributed by atoms with E-state index in [4.69, 9.17) is 16.1 Å². The third-order valence-corrected chi connectivity index (χ3v) is 4.25. The first-order valence-corrected chi connectivity index (χ1v) is 7.62. The summed E-state index contributed by atoms with van der Waals surface area (Å²) in [7, 11) is 0. The molecule has 2 aromatic rings. The number of β-amino-alcohol motifs (C(OH)–C–C–N with tert-alkyl or cyclic N) is 1. The Morgan fingerprint density at radius 2 is 2.19 bits per heavy atom. The minimum atomic E-state index is -0.521. The van der Waals surface area contributed by atoms with Crippen LogP contribution in [0.3, 0.4) is 0 Å². The van der Waals surface area contributed by atoms with Crippen LogP contribution in [0.4, 0.5) is 0 Å². The highest BCUT2D eigenvalue weighted by Crippen LogP contribution is 2.33. The van der Waals surface area contributed by atoms with E-state index in [1.807, 2.05) is 25.1 Å². The van der Waals surface area contributed by atoms with Crippen molar-refractivity contribution in [3.05, 3.63) is 52.4 Å². The quantitative estimate of drug-likeness (QED) is 0.939. The van der Waals surface area contributed by atoms with Crippen molar-refractivity contribution >= 4 is 11.6 Å². The van der Waals surface area contributed by atoms with Gasteiger partial charge in [0.25, 0.3) is 0 Å². The Hall–Kier alpha value is -1.36. The summed E-state index contributed by atoms with van der Waals surface area (Å²) in [6, 6.07) is 9.56. The molecule has 4 nitrogen and oxygen atoms in total. The molecule has 1 fully saturated rings. The summed E-state index contributed by atoms with van der Waals surface area (Å²) in [5, 5.41) is 15.1. The predicted molar refractivity (Wildman–Crippen MR) is 81.2 cm³/mol. The molecule has 5 heteroatoms. The maximum absolute atomic E-state index is 10.4. The molecule has 112 valence electrons. The van der Waals surface area contributed by atoms with Crippen molar-refractivity contribution in [1.82, 2.24) is 10.1 Å². The minimum absolute atomic E-state index is 0.216. The molecule has 1 aliphatic rings. The van der Waals surface area contributed by atoms with Gasteiger partial charge >= 0.3 is 0 Å². The monoisotopic (exact) mass is 306 g/mol. The zero-order valence-corrected chi connectivity index (χ0v) is 12.8.